The van der Waals surface area contributed by atoms with Crippen molar-refractivity contribution in [2.24, 2.45) is 0 Å². The lowest BCUT2D eigenvalue weighted by atomic mass is 10.1. The Morgan fingerprint density at radius 3 is 2.61 bits per heavy atom. The van der Waals surface area contributed by atoms with Gasteiger partial charge < -0.3 is 15.2 Å². The smallest absolute Gasteiger partial charge is 0.413 e. The summed E-state index contributed by atoms with van der Waals surface area (Å²) in [7, 11) is 0. The van der Waals surface area contributed by atoms with Crippen molar-refractivity contribution >= 4 is 28.5 Å². The van der Waals surface area contributed by atoms with E-state index < -0.39 is 11.7 Å². The van der Waals surface area contributed by atoms with Crippen molar-refractivity contribution in [1.29, 1.82) is 0 Å². The summed E-state index contributed by atoms with van der Waals surface area (Å²) in [5.41, 5.74) is 3.01. The van der Waals surface area contributed by atoms with Crippen molar-refractivity contribution in [2.75, 3.05) is 10.6 Å². The Bertz CT molecular complexity index is 980. The van der Waals surface area contributed by atoms with Gasteiger partial charge in [-0.1, -0.05) is 30.3 Å². The number of nitrogens with zero attached hydrogens (tertiary/aromatic N) is 1. The van der Waals surface area contributed by atoms with Gasteiger partial charge in [0.25, 0.3) is 0 Å². The first-order valence-corrected chi connectivity index (χ1v) is 9.16. The van der Waals surface area contributed by atoms with Crippen LogP contribution in [0.5, 0.6) is 0 Å². The standard InChI is InChI=1S/C22H25N3O3/c1-22(2,3)28-21(27)25-20-11-10-16-9-8-15(12-19(16)24-20)13-23-18-7-5-4-6-17(18)14-26/h4-12,23,26H,13-14H2,1-3H3,(H,24,25,27). The molecule has 0 saturated heterocycles. The molecule has 1 aromatic heterocycles. The van der Waals surface area contributed by atoms with Crippen LogP contribution < -0.4 is 10.6 Å². The zero-order valence-corrected chi connectivity index (χ0v) is 16.3. The maximum atomic E-state index is 11.9. The third-order valence-corrected chi connectivity index (χ3v) is 4.06. The highest BCUT2D eigenvalue weighted by molar-refractivity contribution is 5.87. The van der Waals surface area contributed by atoms with Crippen LogP contribution >= 0.6 is 0 Å². The largest absolute Gasteiger partial charge is 0.444 e. The van der Waals surface area contributed by atoms with Crippen LogP contribution in [0.1, 0.15) is 31.9 Å². The van der Waals surface area contributed by atoms with E-state index in [1.165, 1.54) is 0 Å². The summed E-state index contributed by atoms with van der Waals surface area (Å²) in [6.07, 6.45) is -0.530. The summed E-state index contributed by atoms with van der Waals surface area (Å²) in [5, 5.41) is 16.4. The SMILES string of the molecule is CC(C)(C)OC(=O)Nc1ccc2ccc(CNc3ccccc3CO)cc2n1. The number of amides is 1. The Kier molecular flexibility index (Phi) is 5.80. The van der Waals surface area contributed by atoms with Gasteiger partial charge in [0.1, 0.15) is 11.4 Å². The molecule has 3 rings (SSSR count). The molecule has 2 aromatic carbocycles. The second-order valence-corrected chi connectivity index (χ2v) is 7.52. The number of pyridine rings is 1. The number of benzene rings is 2. The molecule has 3 aromatic rings. The minimum absolute atomic E-state index is 0.0118. The lowest BCUT2D eigenvalue weighted by Gasteiger charge is -2.19. The summed E-state index contributed by atoms with van der Waals surface area (Å²) in [4.78, 5) is 16.5. The monoisotopic (exact) mass is 379 g/mol. The molecule has 1 heterocycles. The maximum absolute atomic E-state index is 11.9. The minimum Gasteiger partial charge on any atom is -0.444 e. The Hall–Kier alpha value is -3.12. The summed E-state index contributed by atoms with van der Waals surface area (Å²) in [6, 6.07) is 17.3. The summed E-state index contributed by atoms with van der Waals surface area (Å²) >= 11 is 0. The zero-order chi connectivity index (χ0) is 20.1. The van der Waals surface area contributed by atoms with Gasteiger partial charge in [-0.3, -0.25) is 5.32 Å². The molecule has 0 aliphatic heterocycles. The Morgan fingerprint density at radius 2 is 1.86 bits per heavy atom. The molecule has 0 spiro atoms. The number of hydrogen-bond acceptors (Lipinski definition) is 5. The van der Waals surface area contributed by atoms with E-state index in [-0.39, 0.29) is 6.61 Å². The number of para-hydroxylation sites is 1. The van der Waals surface area contributed by atoms with Gasteiger partial charge in [0, 0.05) is 23.2 Å². The van der Waals surface area contributed by atoms with Crippen LogP contribution in [0.3, 0.4) is 0 Å². The quantitative estimate of drug-likeness (QED) is 0.599. The summed E-state index contributed by atoms with van der Waals surface area (Å²) in [5.74, 6) is 0.442. The number of aromatic nitrogens is 1. The first-order chi connectivity index (χ1) is 13.3. The van der Waals surface area contributed by atoms with Gasteiger partial charge in [-0.15, -0.1) is 0 Å². The van der Waals surface area contributed by atoms with Gasteiger partial charge in [0.05, 0.1) is 12.1 Å². The van der Waals surface area contributed by atoms with Gasteiger partial charge in [-0.2, -0.15) is 0 Å². The molecule has 0 aliphatic rings. The number of anilines is 2. The number of carbonyl (C=O) groups excluding carboxylic acids is 1. The Balaban J connectivity index is 1.74. The number of ether oxygens (including phenoxy) is 1. The molecule has 146 valence electrons. The molecule has 6 nitrogen and oxygen atoms in total. The summed E-state index contributed by atoms with van der Waals surface area (Å²) < 4.78 is 5.27. The van der Waals surface area contributed by atoms with E-state index in [1.54, 1.807) is 6.07 Å². The van der Waals surface area contributed by atoms with E-state index in [0.29, 0.717) is 12.4 Å². The van der Waals surface area contributed by atoms with Crippen LogP contribution in [-0.4, -0.2) is 21.8 Å². The highest BCUT2D eigenvalue weighted by atomic mass is 16.6. The van der Waals surface area contributed by atoms with Gasteiger partial charge in [-0.05, 0) is 50.6 Å². The van der Waals surface area contributed by atoms with Gasteiger partial charge in [0.2, 0.25) is 0 Å². The molecule has 0 fully saturated rings. The molecule has 0 bridgehead atoms. The van der Waals surface area contributed by atoms with E-state index in [4.69, 9.17) is 4.74 Å². The number of rotatable bonds is 5. The number of nitrogens with one attached hydrogen (secondary N) is 2. The molecule has 0 aliphatic carbocycles. The average Bonchev–Trinajstić information content (AvgIpc) is 2.64. The highest BCUT2D eigenvalue weighted by Gasteiger charge is 2.16. The lowest BCUT2D eigenvalue weighted by molar-refractivity contribution is 0.0635. The molecular formula is C22H25N3O3. The predicted octanol–water partition coefficient (Wildman–Crippen LogP) is 4.69. The molecule has 0 saturated carbocycles. The van der Waals surface area contributed by atoms with Crippen LogP contribution in [0.4, 0.5) is 16.3 Å². The van der Waals surface area contributed by atoms with Gasteiger partial charge >= 0.3 is 6.09 Å². The molecule has 6 heteroatoms. The van der Waals surface area contributed by atoms with Crippen LogP contribution in [0.25, 0.3) is 10.9 Å². The number of fused-ring (bicyclic) bond motifs is 1. The molecule has 0 atom stereocenters. The first kappa shape index (κ1) is 19.6. The van der Waals surface area contributed by atoms with Crippen molar-refractivity contribution in [3.63, 3.8) is 0 Å². The fraction of sp³-hybridized carbons (Fsp3) is 0.273. The van der Waals surface area contributed by atoms with Crippen molar-refractivity contribution in [2.45, 2.75) is 39.5 Å². The molecule has 0 unspecified atom stereocenters. The predicted molar refractivity (Wildman–Crippen MR) is 111 cm³/mol. The summed E-state index contributed by atoms with van der Waals surface area (Å²) in [6.45, 7) is 6.03. The van der Waals surface area contributed by atoms with E-state index >= 15 is 0 Å². The first-order valence-electron chi connectivity index (χ1n) is 9.16. The van der Waals surface area contributed by atoms with Crippen LogP contribution in [-0.2, 0) is 17.9 Å². The van der Waals surface area contributed by atoms with E-state index in [9.17, 15) is 9.90 Å². The molecule has 3 N–H and O–H groups in total. The van der Waals surface area contributed by atoms with Crippen molar-refractivity contribution < 1.29 is 14.6 Å². The third kappa shape index (κ3) is 5.20. The fourth-order valence-corrected chi connectivity index (χ4v) is 2.78. The normalized spacial score (nSPS) is 11.3. The maximum Gasteiger partial charge on any atom is 0.413 e. The topological polar surface area (TPSA) is 83.5 Å². The molecule has 28 heavy (non-hydrogen) atoms. The van der Waals surface area contributed by atoms with Gasteiger partial charge in [0.15, 0.2) is 0 Å². The average molecular weight is 379 g/mol. The number of aliphatic hydroxyl groups excluding tert-OH is 1. The van der Waals surface area contributed by atoms with Crippen molar-refractivity contribution in [1.82, 2.24) is 4.98 Å². The fourth-order valence-electron chi connectivity index (χ4n) is 2.78. The second kappa shape index (κ2) is 8.27. The minimum atomic E-state index is -0.565. The van der Waals surface area contributed by atoms with E-state index in [1.807, 2.05) is 69.3 Å². The lowest BCUT2D eigenvalue weighted by Crippen LogP contribution is -2.27. The van der Waals surface area contributed by atoms with E-state index in [0.717, 1.165) is 27.7 Å². The molecule has 0 radical (unpaired) electrons. The van der Waals surface area contributed by atoms with Crippen molar-refractivity contribution in [3.05, 3.63) is 65.7 Å². The van der Waals surface area contributed by atoms with Crippen LogP contribution in [0.2, 0.25) is 0 Å². The van der Waals surface area contributed by atoms with E-state index in [2.05, 4.69) is 15.6 Å². The number of hydrogen-bond donors (Lipinski definition) is 3. The number of aliphatic hydroxyl groups is 1. The molecular weight excluding hydrogens is 354 g/mol. The number of carbonyl (C=O) groups is 1. The highest BCUT2D eigenvalue weighted by Crippen LogP contribution is 2.20. The third-order valence-electron chi connectivity index (χ3n) is 4.06. The van der Waals surface area contributed by atoms with Gasteiger partial charge in [-0.25, -0.2) is 9.78 Å². The Labute approximate surface area is 164 Å². The van der Waals surface area contributed by atoms with Crippen molar-refractivity contribution in [3.8, 4) is 0 Å². The second-order valence-electron chi connectivity index (χ2n) is 7.52. The molecule has 1 amide bonds. The zero-order valence-electron chi connectivity index (χ0n) is 16.3. The van der Waals surface area contributed by atoms with Crippen LogP contribution in [0.15, 0.2) is 54.6 Å². The van der Waals surface area contributed by atoms with Crippen LogP contribution in [0, 0.1) is 0 Å². The Morgan fingerprint density at radius 1 is 1.11 bits per heavy atom.